The zero-order chi connectivity index (χ0) is 6.69. The Morgan fingerprint density at radius 2 is 2.44 bits per heavy atom. The zero-order valence-electron chi connectivity index (χ0n) is 4.84. The predicted molar refractivity (Wildman–Crippen MR) is 47.0 cm³/mol. The molecule has 0 radical (unpaired) electrons. The van der Waals surface area contributed by atoms with Gasteiger partial charge in [-0.3, -0.25) is 0 Å². The highest BCUT2D eigenvalue weighted by Crippen LogP contribution is 2.08. The molecule has 0 spiro atoms. The van der Waals surface area contributed by atoms with E-state index in [4.69, 9.17) is 0 Å². The number of hydrogen-bond donors (Lipinski definition) is 0. The van der Waals surface area contributed by atoms with Crippen LogP contribution in [0.15, 0.2) is 24.9 Å². The van der Waals surface area contributed by atoms with Crippen molar-refractivity contribution in [1.29, 1.82) is 0 Å². The van der Waals surface area contributed by atoms with Gasteiger partial charge in [-0.05, 0) is 28.7 Å². The third-order valence-electron chi connectivity index (χ3n) is 1.01. The van der Waals surface area contributed by atoms with Crippen LogP contribution in [0.2, 0.25) is 0 Å². The second-order valence-corrected chi connectivity index (χ2v) is 2.61. The second kappa shape index (κ2) is 2.96. The van der Waals surface area contributed by atoms with Crippen molar-refractivity contribution < 1.29 is 0 Å². The van der Waals surface area contributed by atoms with Gasteiger partial charge in [0.05, 0.1) is 0 Å². The van der Waals surface area contributed by atoms with Gasteiger partial charge in [0, 0.05) is 11.8 Å². The van der Waals surface area contributed by atoms with Gasteiger partial charge in [0.15, 0.2) is 0 Å². The molecule has 0 saturated carbocycles. The predicted octanol–water partition coefficient (Wildman–Crippen LogP) is 2.33. The molecular formula is C7H6IN. The van der Waals surface area contributed by atoms with E-state index in [0.29, 0.717) is 0 Å². The molecule has 1 nitrogen and oxygen atoms in total. The summed E-state index contributed by atoms with van der Waals surface area (Å²) >= 11 is 2.18. The standard InChI is InChI=1S/C7H6IN/c1-2-6-4-3-5-9-7(6)8/h2-5H,1H2. The monoisotopic (exact) mass is 231 g/mol. The average Bonchev–Trinajstić information content (AvgIpc) is 1.89. The molecule has 2 heteroatoms. The summed E-state index contributed by atoms with van der Waals surface area (Å²) in [5, 5.41) is 0. The third kappa shape index (κ3) is 1.51. The van der Waals surface area contributed by atoms with Crippen LogP contribution in [-0.4, -0.2) is 4.98 Å². The van der Waals surface area contributed by atoms with Crippen molar-refractivity contribution in [1.82, 2.24) is 4.98 Å². The summed E-state index contributed by atoms with van der Waals surface area (Å²) in [5.74, 6) is 0. The summed E-state index contributed by atoms with van der Waals surface area (Å²) in [6.07, 6.45) is 3.57. The zero-order valence-corrected chi connectivity index (χ0v) is 7.00. The minimum Gasteiger partial charge on any atom is -0.250 e. The number of halogens is 1. The van der Waals surface area contributed by atoms with Gasteiger partial charge in [0.25, 0.3) is 0 Å². The molecule has 0 aliphatic carbocycles. The van der Waals surface area contributed by atoms with Crippen molar-refractivity contribution in [2.45, 2.75) is 0 Å². The maximum absolute atomic E-state index is 4.07. The van der Waals surface area contributed by atoms with Gasteiger partial charge in [-0.25, -0.2) is 4.98 Å². The summed E-state index contributed by atoms with van der Waals surface area (Å²) < 4.78 is 1.00. The molecule has 0 aromatic carbocycles. The molecule has 46 valence electrons. The van der Waals surface area contributed by atoms with Crippen LogP contribution in [-0.2, 0) is 0 Å². The van der Waals surface area contributed by atoms with Crippen LogP contribution in [0.4, 0.5) is 0 Å². The molecule has 0 atom stereocenters. The number of hydrogen-bond acceptors (Lipinski definition) is 1. The van der Waals surface area contributed by atoms with Gasteiger partial charge < -0.3 is 0 Å². The molecule has 0 bridgehead atoms. The van der Waals surface area contributed by atoms with E-state index < -0.39 is 0 Å². The Hall–Kier alpha value is -0.380. The van der Waals surface area contributed by atoms with Crippen molar-refractivity contribution in [3.63, 3.8) is 0 Å². The van der Waals surface area contributed by atoms with E-state index in [0.717, 1.165) is 9.26 Å². The van der Waals surface area contributed by atoms with E-state index in [1.54, 1.807) is 12.3 Å². The van der Waals surface area contributed by atoms with E-state index >= 15 is 0 Å². The highest BCUT2D eigenvalue weighted by atomic mass is 127. The van der Waals surface area contributed by atoms with Crippen LogP contribution in [0, 0.1) is 3.70 Å². The van der Waals surface area contributed by atoms with Gasteiger partial charge in [-0.1, -0.05) is 18.7 Å². The molecule has 1 rings (SSSR count). The average molecular weight is 231 g/mol. The highest BCUT2D eigenvalue weighted by molar-refractivity contribution is 14.1. The Morgan fingerprint density at radius 3 is 2.89 bits per heavy atom. The quantitative estimate of drug-likeness (QED) is 0.533. The molecule has 1 aromatic rings. The topological polar surface area (TPSA) is 12.9 Å². The Kier molecular flexibility index (Phi) is 2.22. The first-order valence-corrected chi connectivity index (χ1v) is 3.65. The molecule has 0 amide bonds. The van der Waals surface area contributed by atoms with Crippen molar-refractivity contribution in [2.75, 3.05) is 0 Å². The lowest BCUT2D eigenvalue weighted by atomic mass is 10.3. The van der Waals surface area contributed by atoms with E-state index in [1.165, 1.54) is 0 Å². The minimum absolute atomic E-state index is 1.00. The lowest BCUT2D eigenvalue weighted by molar-refractivity contribution is 1.26. The van der Waals surface area contributed by atoms with Crippen molar-refractivity contribution in [3.05, 3.63) is 34.2 Å². The molecule has 1 heterocycles. The maximum atomic E-state index is 4.07. The maximum Gasteiger partial charge on any atom is 0.108 e. The van der Waals surface area contributed by atoms with Crippen LogP contribution >= 0.6 is 22.6 Å². The fourth-order valence-electron chi connectivity index (χ4n) is 0.551. The van der Waals surface area contributed by atoms with Gasteiger partial charge in [-0.2, -0.15) is 0 Å². The molecule has 0 aliphatic rings. The summed E-state index contributed by atoms with van der Waals surface area (Å²) in [4.78, 5) is 4.07. The second-order valence-electron chi connectivity index (χ2n) is 1.59. The van der Waals surface area contributed by atoms with Crippen molar-refractivity contribution in [3.8, 4) is 0 Å². The van der Waals surface area contributed by atoms with Crippen LogP contribution in [0.25, 0.3) is 6.08 Å². The Labute approximate surface area is 68.0 Å². The van der Waals surface area contributed by atoms with Crippen LogP contribution in [0.1, 0.15) is 5.56 Å². The molecule has 9 heavy (non-hydrogen) atoms. The van der Waals surface area contributed by atoms with E-state index in [9.17, 15) is 0 Å². The summed E-state index contributed by atoms with van der Waals surface area (Å²) in [6.45, 7) is 3.65. The van der Waals surface area contributed by atoms with E-state index in [2.05, 4.69) is 34.2 Å². The van der Waals surface area contributed by atoms with Gasteiger partial charge >= 0.3 is 0 Å². The Bertz CT molecular complexity index is 220. The minimum atomic E-state index is 1.00. The number of aromatic nitrogens is 1. The molecule has 0 unspecified atom stereocenters. The van der Waals surface area contributed by atoms with Gasteiger partial charge in [0.1, 0.15) is 3.70 Å². The van der Waals surface area contributed by atoms with E-state index in [1.807, 2.05) is 12.1 Å². The van der Waals surface area contributed by atoms with Gasteiger partial charge in [-0.15, -0.1) is 0 Å². The molecule has 0 fully saturated rings. The van der Waals surface area contributed by atoms with Gasteiger partial charge in [0.2, 0.25) is 0 Å². The molecule has 0 saturated heterocycles. The first kappa shape index (κ1) is 6.74. The smallest absolute Gasteiger partial charge is 0.108 e. The normalized spacial score (nSPS) is 9.00. The first-order valence-electron chi connectivity index (χ1n) is 2.57. The van der Waals surface area contributed by atoms with Crippen LogP contribution in [0.3, 0.4) is 0 Å². The van der Waals surface area contributed by atoms with Crippen LogP contribution < -0.4 is 0 Å². The molecular weight excluding hydrogens is 225 g/mol. The molecule has 0 N–H and O–H groups in total. The van der Waals surface area contributed by atoms with E-state index in [-0.39, 0.29) is 0 Å². The largest absolute Gasteiger partial charge is 0.250 e. The van der Waals surface area contributed by atoms with Crippen molar-refractivity contribution >= 4 is 28.7 Å². The van der Waals surface area contributed by atoms with Crippen molar-refractivity contribution in [2.24, 2.45) is 0 Å². The molecule has 1 aromatic heterocycles. The fourth-order valence-corrected chi connectivity index (χ4v) is 1.11. The number of nitrogens with zero attached hydrogens (tertiary/aromatic N) is 1. The highest BCUT2D eigenvalue weighted by Gasteiger charge is 1.90. The SMILES string of the molecule is C=Cc1cccnc1I. The molecule has 0 aliphatic heterocycles. The fraction of sp³-hybridized carbons (Fsp3) is 0. The number of rotatable bonds is 1. The Morgan fingerprint density at radius 1 is 1.67 bits per heavy atom. The van der Waals surface area contributed by atoms with Crippen LogP contribution in [0.5, 0.6) is 0 Å². The number of pyridine rings is 1. The first-order chi connectivity index (χ1) is 4.34. The summed E-state index contributed by atoms with van der Waals surface area (Å²) in [6, 6.07) is 3.89. The summed E-state index contributed by atoms with van der Waals surface area (Å²) in [7, 11) is 0. The Balaban J connectivity index is 3.15. The third-order valence-corrected chi connectivity index (χ3v) is 1.91. The summed E-state index contributed by atoms with van der Waals surface area (Å²) in [5.41, 5.74) is 1.10. The lowest BCUT2D eigenvalue weighted by Gasteiger charge is -1.92. The lowest BCUT2D eigenvalue weighted by Crippen LogP contribution is -1.81.